The topological polar surface area (TPSA) is 41.1 Å². The van der Waals surface area contributed by atoms with Crippen molar-refractivity contribution < 1.29 is 4.79 Å². The normalized spacial score (nSPS) is 15.6. The molecule has 0 heterocycles. The van der Waals surface area contributed by atoms with Gasteiger partial charge in [-0.05, 0) is 67.6 Å². The Morgan fingerprint density at radius 2 is 1.52 bits per heavy atom. The van der Waals surface area contributed by atoms with E-state index in [1.807, 2.05) is 24.3 Å². The van der Waals surface area contributed by atoms with Crippen LogP contribution in [0.25, 0.3) is 0 Å². The van der Waals surface area contributed by atoms with Crippen molar-refractivity contribution in [3.63, 3.8) is 0 Å². The number of rotatable bonds is 4. The van der Waals surface area contributed by atoms with Gasteiger partial charge in [0.15, 0.2) is 0 Å². The number of amides is 2. The van der Waals surface area contributed by atoms with E-state index in [9.17, 15) is 4.79 Å². The summed E-state index contributed by atoms with van der Waals surface area (Å²) in [7, 11) is 0. The largest absolute Gasteiger partial charge is 0.332 e. The fraction of sp³-hybridized carbons (Fsp3) is 0.278. The van der Waals surface area contributed by atoms with Crippen LogP contribution in [0, 0.1) is 0 Å². The molecule has 2 amide bonds. The highest BCUT2D eigenvalue weighted by Crippen LogP contribution is 2.35. The second-order valence-electron chi connectivity index (χ2n) is 6.02. The molecule has 0 bridgehead atoms. The van der Waals surface area contributed by atoms with Gasteiger partial charge < -0.3 is 10.6 Å². The maximum Gasteiger partial charge on any atom is 0.319 e. The SMILES string of the molecule is O=C(Nc1ccc(Cl)cc1)NC1(Cc2ccc(Cl)cc2)CCC1. The summed E-state index contributed by atoms with van der Waals surface area (Å²) in [6.45, 7) is 0. The standard InChI is InChI=1S/C18H18Cl2N2O/c19-14-4-2-13(3-5-14)12-18(10-1-11-18)22-17(23)21-16-8-6-15(20)7-9-16/h2-9H,1,10-12H2,(H2,21,22,23). The Balaban J connectivity index is 1.62. The van der Waals surface area contributed by atoms with Crippen molar-refractivity contribution in [2.75, 3.05) is 5.32 Å². The van der Waals surface area contributed by atoms with Gasteiger partial charge in [0.1, 0.15) is 0 Å². The van der Waals surface area contributed by atoms with E-state index in [0.717, 1.165) is 36.4 Å². The van der Waals surface area contributed by atoms with Crippen LogP contribution in [0.1, 0.15) is 24.8 Å². The van der Waals surface area contributed by atoms with Crippen LogP contribution < -0.4 is 10.6 Å². The summed E-state index contributed by atoms with van der Waals surface area (Å²) in [5, 5.41) is 7.37. The van der Waals surface area contributed by atoms with E-state index in [4.69, 9.17) is 23.2 Å². The molecule has 0 atom stereocenters. The van der Waals surface area contributed by atoms with Crippen molar-refractivity contribution in [1.82, 2.24) is 5.32 Å². The van der Waals surface area contributed by atoms with E-state index in [0.29, 0.717) is 5.02 Å². The van der Waals surface area contributed by atoms with Gasteiger partial charge in [-0.25, -0.2) is 4.79 Å². The first-order valence-corrected chi connectivity index (χ1v) is 8.39. The molecule has 1 fully saturated rings. The third-order valence-electron chi connectivity index (χ3n) is 4.25. The first kappa shape index (κ1) is 16.2. The Morgan fingerprint density at radius 1 is 0.957 bits per heavy atom. The van der Waals surface area contributed by atoms with E-state index in [1.54, 1.807) is 24.3 Å². The van der Waals surface area contributed by atoms with Crippen LogP contribution in [0.5, 0.6) is 0 Å². The molecule has 0 aliphatic heterocycles. The van der Waals surface area contributed by atoms with Crippen molar-refractivity contribution in [3.8, 4) is 0 Å². The van der Waals surface area contributed by atoms with Crippen molar-refractivity contribution in [2.24, 2.45) is 0 Å². The zero-order valence-corrected chi connectivity index (χ0v) is 14.1. The average molecular weight is 349 g/mol. The zero-order chi connectivity index (χ0) is 16.3. The molecule has 0 unspecified atom stereocenters. The first-order chi connectivity index (χ1) is 11.0. The van der Waals surface area contributed by atoms with Crippen LogP contribution in [0.4, 0.5) is 10.5 Å². The minimum absolute atomic E-state index is 0.162. The molecular formula is C18H18Cl2N2O. The van der Waals surface area contributed by atoms with Crippen molar-refractivity contribution in [3.05, 3.63) is 64.1 Å². The Kier molecular flexibility index (Phi) is 4.79. The fourth-order valence-electron chi connectivity index (χ4n) is 2.88. The number of benzene rings is 2. The molecule has 0 saturated heterocycles. The predicted molar refractivity (Wildman–Crippen MR) is 95.3 cm³/mol. The molecule has 2 N–H and O–H groups in total. The van der Waals surface area contributed by atoms with Gasteiger partial charge in [-0.15, -0.1) is 0 Å². The summed E-state index contributed by atoms with van der Waals surface area (Å²) < 4.78 is 0. The Labute approximate surface area is 146 Å². The number of hydrogen-bond donors (Lipinski definition) is 2. The third kappa shape index (κ3) is 4.18. The van der Waals surface area contributed by atoms with E-state index < -0.39 is 0 Å². The number of carbonyl (C=O) groups excluding carboxylic acids is 1. The van der Waals surface area contributed by atoms with Gasteiger partial charge in [-0.1, -0.05) is 35.3 Å². The summed E-state index contributed by atoms with van der Waals surface area (Å²) in [5.41, 5.74) is 1.75. The molecule has 0 aromatic heterocycles. The molecular weight excluding hydrogens is 331 g/mol. The molecule has 2 aromatic carbocycles. The smallest absolute Gasteiger partial charge is 0.319 e. The molecule has 0 spiro atoms. The Hall–Kier alpha value is -1.71. The zero-order valence-electron chi connectivity index (χ0n) is 12.6. The van der Waals surface area contributed by atoms with E-state index in [-0.39, 0.29) is 11.6 Å². The fourth-order valence-corrected chi connectivity index (χ4v) is 3.13. The Morgan fingerprint density at radius 3 is 2.04 bits per heavy atom. The number of anilines is 1. The predicted octanol–water partition coefficient (Wildman–Crippen LogP) is 5.28. The number of carbonyl (C=O) groups is 1. The maximum atomic E-state index is 12.3. The van der Waals surface area contributed by atoms with Crippen LogP contribution >= 0.6 is 23.2 Å². The maximum absolute atomic E-state index is 12.3. The van der Waals surface area contributed by atoms with Gasteiger partial charge in [0.05, 0.1) is 0 Å². The molecule has 3 rings (SSSR count). The average Bonchev–Trinajstić information content (AvgIpc) is 2.49. The summed E-state index contributed by atoms with van der Waals surface area (Å²) in [4.78, 5) is 12.3. The quantitative estimate of drug-likeness (QED) is 0.775. The summed E-state index contributed by atoms with van der Waals surface area (Å²) >= 11 is 11.8. The monoisotopic (exact) mass is 348 g/mol. The lowest BCUT2D eigenvalue weighted by Crippen LogP contribution is -2.56. The van der Waals surface area contributed by atoms with Crippen molar-refractivity contribution >= 4 is 34.9 Å². The molecule has 23 heavy (non-hydrogen) atoms. The lowest BCUT2D eigenvalue weighted by molar-refractivity contribution is 0.183. The van der Waals surface area contributed by atoms with Gasteiger partial charge in [0, 0.05) is 21.3 Å². The molecule has 3 nitrogen and oxygen atoms in total. The number of nitrogens with one attached hydrogen (secondary N) is 2. The minimum Gasteiger partial charge on any atom is -0.332 e. The summed E-state index contributed by atoms with van der Waals surface area (Å²) in [6.07, 6.45) is 3.93. The van der Waals surface area contributed by atoms with Gasteiger partial charge in [0.25, 0.3) is 0 Å². The first-order valence-electron chi connectivity index (χ1n) is 7.64. The van der Waals surface area contributed by atoms with Crippen LogP contribution in [0.3, 0.4) is 0 Å². The van der Waals surface area contributed by atoms with Crippen LogP contribution in [-0.2, 0) is 6.42 Å². The highest BCUT2D eigenvalue weighted by atomic mass is 35.5. The van der Waals surface area contributed by atoms with Crippen LogP contribution in [0.15, 0.2) is 48.5 Å². The minimum atomic E-state index is -0.180. The third-order valence-corrected chi connectivity index (χ3v) is 4.75. The number of halogens is 2. The number of urea groups is 1. The molecule has 2 aromatic rings. The van der Waals surface area contributed by atoms with Gasteiger partial charge in [-0.2, -0.15) is 0 Å². The second-order valence-corrected chi connectivity index (χ2v) is 6.90. The summed E-state index contributed by atoms with van der Waals surface area (Å²) in [6, 6.07) is 14.7. The van der Waals surface area contributed by atoms with Gasteiger partial charge in [-0.3, -0.25) is 0 Å². The molecule has 120 valence electrons. The molecule has 5 heteroatoms. The number of hydrogen-bond acceptors (Lipinski definition) is 1. The lowest BCUT2D eigenvalue weighted by atomic mass is 9.73. The molecule has 1 saturated carbocycles. The highest BCUT2D eigenvalue weighted by Gasteiger charge is 2.38. The second kappa shape index (κ2) is 6.81. The Bertz CT molecular complexity index is 679. The van der Waals surface area contributed by atoms with Crippen molar-refractivity contribution in [2.45, 2.75) is 31.2 Å². The molecule has 1 aliphatic carbocycles. The van der Waals surface area contributed by atoms with Crippen LogP contribution in [0.2, 0.25) is 10.0 Å². The van der Waals surface area contributed by atoms with E-state index in [1.165, 1.54) is 5.56 Å². The highest BCUT2D eigenvalue weighted by molar-refractivity contribution is 6.30. The van der Waals surface area contributed by atoms with E-state index in [2.05, 4.69) is 10.6 Å². The lowest BCUT2D eigenvalue weighted by Gasteiger charge is -2.42. The molecule has 0 radical (unpaired) electrons. The van der Waals surface area contributed by atoms with E-state index >= 15 is 0 Å². The molecule has 1 aliphatic rings. The van der Waals surface area contributed by atoms with Gasteiger partial charge in [0.2, 0.25) is 0 Å². The van der Waals surface area contributed by atoms with Crippen molar-refractivity contribution in [1.29, 1.82) is 0 Å². The summed E-state index contributed by atoms with van der Waals surface area (Å²) in [5.74, 6) is 0. The van der Waals surface area contributed by atoms with Gasteiger partial charge >= 0.3 is 6.03 Å². The van der Waals surface area contributed by atoms with Crippen LogP contribution in [-0.4, -0.2) is 11.6 Å².